The molecule has 1 heterocycles. The molecule has 1 aromatic rings. The van der Waals surface area contributed by atoms with Gasteiger partial charge in [-0.2, -0.15) is 0 Å². The molecule has 1 aromatic carbocycles. The van der Waals surface area contributed by atoms with Crippen molar-refractivity contribution in [2.75, 3.05) is 25.7 Å². The second-order valence-electron chi connectivity index (χ2n) is 5.56. The zero-order valence-corrected chi connectivity index (χ0v) is 13.6. The Labute approximate surface area is 126 Å². The third kappa shape index (κ3) is 4.61. The summed E-state index contributed by atoms with van der Waals surface area (Å²) in [5.74, 6) is 1.99. The minimum atomic E-state index is -2.88. The minimum absolute atomic E-state index is 0.210. The zero-order chi connectivity index (χ0) is 15.5. The van der Waals surface area contributed by atoms with Gasteiger partial charge in [-0.1, -0.05) is 0 Å². The van der Waals surface area contributed by atoms with E-state index in [0.717, 1.165) is 23.5 Å². The smallest absolute Gasteiger partial charge is 0.147 e. The van der Waals surface area contributed by atoms with E-state index >= 15 is 0 Å². The number of benzene rings is 1. The SMILES string of the molecule is COc1cc2c(cc1CNCCCS(C)(=O)=O)OC(C)C2. The largest absolute Gasteiger partial charge is 0.496 e. The van der Waals surface area contributed by atoms with Crippen LogP contribution in [0, 0.1) is 0 Å². The predicted molar refractivity (Wildman–Crippen MR) is 82.8 cm³/mol. The van der Waals surface area contributed by atoms with E-state index in [4.69, 9.17) is 9.47 Å². The van der Waals surface area contributed by atoms with Crippen molar-refractivity contribution < 1.29 is 17.9 Å². The first-order chi connectivity index (χ1) is 9.89. The van der Waals surface area contributed by atoms with Gasteiger partial charge in [-0.3, -0.25) is 0 Å². The quantitative estimate of drug-likeness (QED) is 0.774. The topological polar surface area (TPSA) is 64.6 Å². The van der Waals surface area contributed by atoms with E-state index < -0.39 is 9.84 Å². The van der Waals surface area contributed by atoms with Crippen molar-refractivity contribution >= 4 is 9.84 Å². The van der Waals surface area contributed by atoms with Gasteiger partial charge in [-0.15, -0.1) is 0 Å². The molecule has 0 amide bonds. The highest BCUT2D eigenvalue weighted by atomic mass is 32.2. The monoisotopic (exact) mass is 313 g/mol. The number of nitrogens with one attached hydrogen (secondary N) is 1. The second-order valence-corrected chi connectivity index (χ2v) is 7.82. The van der Waals surface area contributed by atoms with Gasteiger partial charge < -0.3 is 14.8 Å². The molecule has 118 valence electrons. The molecule has 1 aliphatic rings. The van der Waals surface area contributed by atoms with Gasteiger partial charge in [0, 0.05) is 30.3 Å². The van der Waals surface area contributed by atoms with Gasteiger partial charge in [0.25, 0.3) is 0 Å². The molecular formula is C15H23NO4S. The lowest BCUT2D eigenvalue weighted by Crippen LogP contribution is -2.18. The molecule has 0 fully saturated rings. The summed E-state index contributed by atoms with van der Waals surface area (Å²) in [5.41, 5.74) is 2.21. The average Bonchev–Trinajstić information content (AvgIpc) is 2.75. The normalized spacial score (nSPS) is 17.4. The van der Waals surface area contributed by atoms with E-state index in [1.807, 2.05) is 12.1 Å². The third-order valence-electron chi connectivity index (χ3n) is 3.48. The lowest BCUT2D eigenvalue weighted by Gasteiger charge is -2.12. The third-order valence-corrected chi connectivity index (χ3v) is 4.51. The van der Waals surface area contributed by atoms with E-state index in [2.05, 4.69) is 12.2 Å². The molecule has 0 radical (unpaired) electrons. The number of hydrogen-bond donors (Lipinski definition) is 1. The maximum atomic E-state index is 11.1. The Balaban J connectivity index is 1.92. The molecule has 0 saturated heterocycles. The number of methoxy groups -OCH3 is 1. The van der Waals surface area contributed by atoms with E-state index in [1.54, 1.807) is 7.11 Å². The van der Waals surface area contributed by atoms with Crippen molar-refractivity contribution in [2.45, 2.75) is 32.4 Å². The van der Waals surface area contributed by atoms with Crippen molar-refractivity contribution in [3.8, 4) is 11.5 Å². The summed E-state index contributed by atoms with van der Waals surface area (Å²) in [4.78, 5) is 0. The van der Waals surface area contributed by atoms with Gasteiger partial charge in [0.05, 0.1) is 12.9 Å². The average molecular weight is 313 g/mol. The highest BCUT2D eigenvalue weighted by molar-refractivity contribution is 7.90. The van der Waals surface area contributed by atoms with Gasteiger partial charge in [0.15, 0.2) is 0 Å². The predicted octanol–water partition coefficient (Wildman–Crippen LogP) is 1.54. The summed E-state index contributed by atoms with van der Waals surface area (Å²) in [6.07, 6.45) is 2.99. The van der Waals surface area contributed by atoms with Crippen LogP contribution in [0.3, 0.4) is 0 Å². The fourth-order valence-electron chi connectivity index (χ4n) is 2.49. The maximum absolute atomic E-state index is 11.1. The van der Waals surface area contributed by atoms with Crippen LogP contribution in [0.4, 0.5) is 0 Å². The van der Waals surface area contributed by atoms with E-state index in [-0.39, 0.29) is 11.9 Å². The molecule has 21 heavy (non-hydrogen) atoms. The Morgan fingerprint density at radius 3 is 2.86 bits per heavy atom. The van der Waals surface area contributed by atoms with Crippen LogP contribution in [0.2, 0.25) is 0 Å². The zero-order valence-electron chi connectivity index (χ0n) is 12.8. The van der Waals surface area contributed by atoms with E-state index in [1.165, 1.54) is 11.8 Å². The van der Waals surface area contributed by atoms with Crippen molar-refractivity contribution in [1.82, 2.24) is 5.32 Å². The minimum Gasteiger partial charge on any atom is -0.496 e. The lowest BCUT2D eigenvalue weighted by atomic mass is 10.1. The van der Waals surface area contributed by atoms with Crippen LogP contribution < -0.4 is 14.8 Å². The molecule has 5 nitrogen and oxygen atoms in total. The number of ether oxygens (including phenoxy) is 2. The fraction of sp³-hybridized carbons (Fsp3) is 0.600. The van der Waals surface area contributed by atoms with E-state index in [0.29, 0.717) is 19.5 Å². The Morgan fingerprint density at radius 2 is 2.19 bits per heavy atom. The first-order valence-corrected chi connectivity index (χ1v) is 9.20. The molecule has 1 unspecified atom stereocenters. The summed E-state index contributed by atoms with van der Waals surface area (Å²) in [6.45, 7) is 3.35. The molecule has 0 saturated carbocycles. The Kier molecular flexibility index (Phi) is 5.11. The summed E-state index contributed by atoms with van der Waals surface area (Å²) in [7, 11) is -1.22. The van der Waals surface area contributed by atoms with Gasteiger partial charge in [0.1, 0.15) is 27.4 Å². The first-order valence-electron chi connectivity index (χ1n) is 7.14. The maximum Gasteiger partial charge on any atom is 0.147 e. The number of rotatable bonds is 7. The summed E-state index contributed by atoms with van der Waals surface area (Å²) >= 11 is 0. The standard InChI is InChI=1S/C15H23NO4S/c1-11-7-12-8-14(19-2)13(9-15(12)20-11)10-16-5-4-6-21(3,17)18/h8-9,11,16H,4-7,10H2,1-3H3. The molecule has 0 aromatic heterocycles. The van der Waals surface area contributed by atoms with Crippen molar-refractivity contribution in [3.05, 3.63) is 23.3 Å². The van der Waals surface area contributed by atoms with Crippen LogP contribution in [0.15, 0.2) is 12.1 Å². The van der Waals surface area contributed by atoms with Crippen LogP contribution >= 0.6 is 0 Å². The highest BCUT2D eigenvalue weighted by Gasteiger charge is 2.21. The van der Waals surface area contributed by atoms with Crippen LogP contribution in [0.5, 0.6) is 11.5 Å². The Morgan fingerprint density at radius 1 is 1.43 bits per heavy atom. The first kappa shape index (κ1) is 16.1. The molecule has 0 bridgehead atoms. The second kappa shape index (κ2) is 6.66. The fourth-order valence-corrected chi connectivity index (χ4v) is 3.16. The molecule has 0 aliphatic carbocycles. The number of hydrogen-bond acceptors (Lipinski definition) is 5. The molecule has 1 N–H and O–H groups in total. The summed E-state index contributed by atoms with van der Waals surface area (Å²) < 4.78 is 33.3. The lowest BCUT2D eigenvalue weighted by molar-refractivity contribution is 0.254. The molecule has 0 spiro atoms. The van der Waals surface area contributed by atoms with Crippen molar-refractivity contribution in [2.24, 2.45) is 0 Å². The Bertz CT molecular complexity index is 598. The van der Waals surface area contributed by atoms with Crippen LogP contribution in [0.1, 0.15) is 24.5 Å². The summed E-state index contributed by atoms with van der Waals surface area (Å²) in [6, 6.07) is 4.05. The van der Waals surface area contributed by atoms with E-state index in [9.17, 15) is 8.42 Å². The van der Waals surface area contributed by atoms with Crippen molar-refractivity contribution in [1.29, 1.82) is 0 Å². The molecule has 2 rings (SSSR count). The molecule has 1 atom stereocenters. The van der Waals surface area contributed by atoms with Gasteiger partial charge in [0.2, 0.25) is 0 Å². The number of sulfone groups is 1. The molecular weight excluding hydrogens is 290 g/mol. The Hall–Kier alpha value is -1.27. The molecule has 6 heteroatoms. The van der Waals surface area contributed by atoms with Crippen LogP contribution in [-0.4, -0.2) is 40.2 Å². The highest BCUT2D eigenvalue weighted by Crippen LogP contribution is 2.34. The van der Waals surface area contributed by atoms with Gasteiger partial charge in [-0.25, -0.2) is 8.42 Å². The van der Waals surface area contributed by atoms with Crippen molar-refractivity contribution in [3.63, 3.8) is 0 Å². The molecule has 1 aliphatic heterocycles. The van der Waals surface area contributed by atoms with Gasteiger partial charge >= 0.3 is 0 Å². The number of fused-ring (bicyclic) bond motifs is 1. The summed E-state index contributed by atoms with van der Waals surface area (Å²) in [5, 5.41) is 3.25. The van der Waals surface area contributed by atoms with Crippen LogP contribution in [0.25, 0.3) is 0 Å². The van der Waals surface area contributed by atoms with Gasteiger partial charge in [-0.05, 0) is 32.0 Å². The van der Waals surface area contributed by atoms with Crippen LogP contribution in [-0.2, 0) is 22.8 Å².